The van der Waals surface area contributed by atoms with E-state index in [-0.39, 0.29) is 18.7 Å². The van der Waals surface area contributed by atoms with Gasteiger partial charge in [-0.15, -0.1) is 0 Å². The van der Waals surface area contributed by atoms with Crippen LogP contribution in [0.3, 0.4) is 0 Å². The summed E-state index contributed by atoms with van der Waals surface area (Å²) < 4.78 is 17.1. The highest BCUT2D eigenvalue weighted by molar-refractivity contribution is 5.78. The molecule has 28 heavy (non-hydrogen) atoms. The molecule has 11 nitrogen and oxygen atoms in total. The van der Waals surface area contributed by atoms with Gasteiger partial charge in [-0.3, -0.25) is 4.79 Å². The average molecular weight is 405 g/mol. The predicted molar refractivity (Wildman–Crippen MR) is 101 cm³/mol. The summed E-state index contributed by atoms with van der Waals surface area (Å²) in [5.41, 5.74) is 23.6. The summed E-state index contributed by atoms with van der Waals surface area (Å²) in [6, 6.07) is -2.55. The summed E-state index contributed by atoms with van der Waals surface area (Å²) in [4.78, 5) is 13.3. The summed E-state index contributed by atoms with van der Waals surface area (Å²) in [6.07, 6.45) is -4.16. The molecule has 0 aromatic rings. The number of aliphatic hydroxyl groups is 2. The van der Waals surface area contributed by atoms with Gasteiger partial charge in [-0.25, -0.2) is 0 Å². The Bertz CT molecular complexity index is 526. The average Bonchev–Trinajstić information content (AvgIpc) is 2.67. The molecule has 1 aliphatic carbocycles. The first-order chi connectivity index (χ1) is 13.1. The maximum absolute atomic E-state index is 12.1. The Labute approximate surface area is 165 Å². The van der Waals surface area contributed by atoms with Gasteiger partial charge in [-0.1, -0.05) is 0 Å². The second kappa shape index (κ2) is 9.74. The number of amides is 1. The molecule has 0 spiro atoms. The molecule has 1 saturated carbocycles. The third-order valence-corrected chi connectivity index (χ3v) is 5.74. The van der Waals surface area contributed by atoms with E-state index >= 15 is 0 Å². The first-order valence-corrected chi connectivity index (χ1v) is 9.56. The van der Waals surface area contributed by atoms with Crippen LogP contribution in [0.15, 0.2) is 0 Å². The number of methoxy groups -OCH3 is 1. The van der Waals surface area contributed by atoms with Gasteiger partial charge in [0.25, 0.3) is 0 Å². The maximum atomic E-state index is 12.1. The van der Waals surface area contributed by atoms with E-state index in [0.717, 1.165) is 0 Å². The second-order valence-corrected chi connectivity index (χ2v) is 7.70. The third kappa shape index (κ3) is 4.64. The molecule has 1 amide bonds. The predicted octanol–water partition coefficient (Wildman–Crippen LogP) is -3.59. The Morgan fingerprint density at radius 2 is 1.89 bits per heavy atom. The van der Waals surface area contributed by atoms with Gasteiger partial charge in [0.05, 0.1) is 36.9 Å². The summed E-state index contributed by atoms with van der Waals surface area (Å²) in [7, 11) is 2.85. The molecule has 10 atom stereocenters. The lowest BCUT2D eigenvalue weighted by Gasteiger charge is -2.50. The van der Waals surface area contributed by atoms with Crippen LogP contribution in [0.1, 0.15) is 19.8 Å². The zero-order valence-corrected chi connectivity index (χ0v) is 16.7. The molecule has 10 N–H and O–H groups in total. The van der Waals surface area contributed by atoms with E-state index in [1.807, 2.05) is 6.92 Å². The van der Waals surface area contributed by atoms with E-state index < -0.39 is 54.7 Å². The van der Waals surface area contributed by atoms with Gasteiger partial charge >= 0.3 is 0 Å². The Kier molecular flexibility index (Phi) is 8.14. The first-order valence-electron chi connectivity index (χ1n) is 9.56. The Balaban J connectivity index is 2.23. The zero-order chi connectivity index (χ0) is 21.2. The van der Waals surface area contributed by atoms with Crippen LogP contribution in [0.25, 0.3) is 0 Å². The molecule has 1 unspecified atom stereocenters. The van der Waals surface area contributed by atoms with Crippen molar-refractivity contribution in [2.45, 2.75) is 80.7 Å². The first kappa shape index (κ1) is 23.4. The molecule has 164 valence electrons. The molecule has 1 saturated heterocycles. The van der Waals surface area contributed by atoms with Crippen LogP contribution in [0.4, 0.5) is 0 Å². The van der Waals surface area contributed by atoms with E-state index in [1.54, 1.807) is 0 Å². The molecule has 11 heteroatoms. The molecule has 2 fully saturated rings. The third-order valence-electron chi connectivity index (χ3n) is 5.74. The molecule has 0 radical (unpaired) electrons. The van der Waals surface area contributed by atoms with Crippen molar-refractivity contribution in [1.29, 1.82) is 0 Å². The molecule has 2 aliphatic rings. The van der Waals surface area contributed by atoms with Crippen LogP contribution in [0.2, 0.25) is 0 Å². The minimum atomic E-state index is -1.25. The highest BCUT2D eigenvalue weighted by atomic mass is 16.7. The number of aliphatic hydroxyl groups excluding tert-OH is 2. The number of ether oxygens (including phenoxy) is 3. The van der Waals surface area contributed by atoms with Crippen molar-refractivity contribution in [2.24, 2.45) is 22.9 Å². The summed E-state index contributed by atoms with van der Waals surface area (Å²) in [6.45, 7) is 1.58. The molecular weight excluding hydrogens is 370 g/mol. The normalized spacial score (nSPS) is 42.8. The summed E-state index contributed by atoms with van der Waals surface area (Å²) in [5.74, 6) is -0.421. The highest BCUT2D eigenvalue weighted by Gasteiger charge is 2.53. The lowest BCUT2D eigenvalue weighted by atomic mass is 9.80. The highest BCUT2D eigenvalue weighted by Crippen LogP contribution is 2.31. The topological polar surface area (TPSA) is 193 Å². The van der Waals surface area contributed by atoms with E-state index in [9.17, 15) is 15.0 Å². The number of nitrogens with two attached hydrogens (primary N) is 4. The van der Waals surface area contributed by atoms with Crippen molar-refractivity contribution in [3.63, 3.8) is 0 Å². The smallest absolute Gasteiger partial charge is 0.236 e. The fourth-order valence-corrected chi connectivity index (χ4v) is 3.95. The number of nitrogens with zero attached hydrogens (tertiary/aromatic N) is 1. The molecule has 0 bridgehead atoms. The van der Waals surface area contributed by atoms with Crippen LogP contribution < -0.4 is 22.9 Å². The van der Waals surface area contributed by atoms with Gasteiger partial charge in [-0.2, -0.15) is 0 Å². The van der Waals surface area contributed by atoms with E-state index in [1.165, 1.54) is 19.1 Å². The number of rotatable bonds is 6. The van der Waals surface area contributed by atoms with Crippen molar-refractivity contribution in [2.75, 3.05) is 20.7 Å². The molecule has 1 aliphatic heterocycles. The Morgan fingerprint density at radius 3 is 2.43 bits per heavy atom. The monoisotopic (exact) mass is 405 g/mol. The lowest BCUT2D eigenvalue weighted by Crippen LogP contribution is -2.72. The lowest BCUT2D eigenvalue weighted by molar-refractivity contribution is -0.267. The van der Waals surface area contributed by atoms with Gasteiger partial charge in [0.2, 0.25) is 5.91 Å². The summed E-state index contributed by atoms with van der Waals surface area (Å²) in [5, 5.41) is 21.6. The minimum Gasteiger partial charge on any atom is -0.389 e. The van der Waals surface area contributed by atoms with Crippen molar-refractivity contribution >= 4 is 5.91 Å². The quantitative estimate of drug-likeness (QED) is 0.257. The van der Waals surface area contributed by atoms with Crippen LogP contribution in [0.5, 0.6) is 0 Å². The summed E-state index contributed by atoms with van der Waals surface area (Å²) >= 11 is 0. The fraction of sp³-hybridized carbons (Fsp3) is 0.941. The van der Waals surface area contributed by atoms with E-state index in [4.69, 9.17) is 37.1 Å². The molecule has 0 aromatic carbocycles. The SMILES string of the molecule is CO[C@H]1[C@@H](O)[C@H](N)[C@@H](O[C@H]2OC([C@H](C)N)CC[C@H]2N)[C@H](O)[C@@H]1N(C)C(=O)CN. The number of hydrogen-bond donors (Lipinski definition) is 6. The van der Waals surface area contributed by atoms with Crippen molar-refractivity contribution in [1.82, 2.24) is 4.90 Å². The Hall–Kier alpha value is -0.890. The number of hydrogen-bond acceptors (Lipinski definition) is 10. The van der Waals surface area contributed by atoms with Gasteiger partial charge in [-0.05, 0) is 19.8 Å². The maximum Gasteiger partial charge on any atom is 0.236 e. The second-order valence-electron chi connectivity index (χ2n) is 7.70. The van der Waals surface area contributed by atoms with Crippen molar-refractivity contribution in [3.05, 3.63) is 0 Å². The standard InChI is InChI=1S/C17H35N5O6/c1-7(19)9-5-4-8(20)17(27-9)28-15-11(21)13(24)16(26-3)12(14(15)25)22(2)10(23)6-18/h7-9,11-17,24-25H,4-6,18-21H2,1-3H3/t7-,8+,9?,11-,12-,13-,14+,15+,16+,17+/m0/s1. The fourth-order valence-electron chi connectivity index (χ4n) is 3.95. The van der Waals surface area contributed by atoms with Crippen molar-refractivity contribution in [3.8, 4) is 0 Å². The number of carbonyl (C=O) groups is 1. The van der Waals surface area contributed by atoms with E-state index in [2.05, 4.69) is 0 Å². The van der Waals surface area contributed by atoms with Crippen LogP contribution in [-0.2, 0) is 19.0 Å². The minimum absolute atomic E-state index is 0.215. The number of carbonyl (C=O) groups excluding carboxylic acids is 1. The van der Waals surface area contributed by atoms with E-state index in [0.29, 0.717) is 12.8 Å². The molecule has 2 rings (SSSR count). The molecule has 1 heterocycles. The van der Waals surface area contributed by atoms with Gasteiger partial charge in [0, 0.05) is 20.2 Å². The van der Waals surface area contributed by atoms with Crippen molar-refractivity contribution < 1.29 is 29.2 Å². The van der Waals surface area contributed by atoms with Gasteiger partial charge < -0.3 is 52.3 Å². The van der Waals surface area contributed by atoms with Crippen LogP contribution in [0, 0.1) is 0 Å². The van der Waals surface area contributed by atoms with Gasteiger partial charge in [0.1, 0.15) is 18.3 Å². The van der Waals surface area contributed by atoms with Crippen LogP contribution >= 0.6 is 0 Å². The Morgan fingerprint density at radius 1 is 1.25 bits per heavy atom. The van der Waals surface area contributed by atoms with Gasteiger partial charge in [0.15, 0.2) is 6.29 Å². The number of likely N-dealkylation sites (N-methyl/N-ethyl adjacent to an activating group) is 1. The zero-order valence-electron chi connectivity index (χ0n) is 16.7. The largest absolute Gasteiger partial charge is 0.389 e. The molecular formula is C17H35N5O6. The van der Waals surface area contributed by atoms with Crippen LogP contribution in [-0.4, -0.2) is 103 Å². The molecule has 0 aromatic heterocycles.